The van der Waals surface area contributed by atoms with E-state index in [1.54, 1.807) is 12.5 Å². The third-order valence-electron chi connectivity index (χ3n) is 5.19. The van der Waals surface area contributed by atoms with Gasteiger partial charge in [-0.15, -0.1) is 0 Å². The Hall–Kier alpha value is -3.47. The van der Waals surface area contributed by atoms with E-state index in [0.717, 1.165) is 42.3 Å². The number of aromatic nitrogens is 4. The molecule has 0 atom stereocenters. The Bertz CT molecular complexity index is 1010. The smallest absolute Gasteiger partial charge is 0.223 e. The lowest BCUT2D eigenvalue weighted by Crippen LogP contribution is -2.35. The summed E-state index contributed by atoms with van der Waals surface area (Å²) >= 11 is 0. The summed E-state index contributed by atoms with van der Waals surface area (Å²) in [5.74, 6) is 0.638. The van der Waals surface area contributed by atoms with E-state index in [9.17, 15) is 4.79 Å². The molecule has 3 N–H and O–H groups in total. The van der Waals surface area contributed by atoms with Crippen LogP contribution in [0.2, 0.25) is 0 Å². The minimum atomic E-state index is 0.0197. The molecule has 142 valence electrons. The molecule has 3 aromatic rings. The van der Waals surface area contributed by atoms with Gasteiger partial charge in [-0.05, 0) is 43.4 Å². The summed E-state index contributed by atoms with van der Waals surface area (Å²) < 4.78 is 0. The number of amides is 1. The lowest BCUT2D eigenvalue weighted by atomic mass is 9.85. The number of fused-ring (bicyclic) bond motifs is 1. The molecular weight excluding hydrogens is 354 g/mol. The standard InChI is InChI=1S/C20H21N7O/c21-10-18-19(23-8-7-22-18)27-15-4-2-14(3-5-15)20(28)24-11-13-1-6-16-17(9-13)26-12-25-16/h1,6-9,12,14-15H,2-5,11H2,(H,23,27)(H,24,28)(H,25,26). The molecule has 1 saturated carbocycles. The first kappa shape index (κ1) is 17.9. The van der Waals surface area contributed by atoms with Gasteiger partial charge in [-0.1, -0.05) is 6.07 Å². The maximum absolute atomic E-state index is 12.5. The maximum Gasteiger partial charge on any atom is 0.223 e. The topological polar surface area (TPSA) is 119 Å². The Labute approximate surface area is 162 Å². The summed E-state index contributed by atoms with van der Waals surface area (Å²) in [5, 5.41) is 15.5. The fourth-order valence-electron chi connectivity index (χ4n) is 3.64. The molecule has 0 unspecified atom stereocenters. The van der Waals surface area contributed by atoms with Crippen molar-refractivity contribution in [2.24, 2.45) is 5.92 Å². The van der Waals surface area contributed by atoms with Crippen molar-refractivity contribution in [3.8, 4) is 6.07 Å². The number of benzene rings is 1. The molecule has 0 saturated heterocycles. The van der Waals surface area contributed by atoms with Gasteiger partial charge in [-0.25, -0.2) is 15.0 Å². The number of hydrogen-bond acceptors (Lipinski definition) is 6. The number of nitrogens with one attached hydrogen (secondary N) is 3. The highest BCUT2D eigenvalue weighted by Gasteiger charge is 2.26. The van der Waals surface area contributed by atoms with Gasteiger partial charge < -0.3 is 15.6 Å². The summed E-state index contributed by atoms with van der Waals surface area (Å²) in [4.78, 5) is 28.0. The van der Waals surface area contributed by atoms with Crippen LogP contribution in [0.15, 0.2) is 36.9 Å². The van der Waals surface area contributed by atoms with Gasteiger partial charge in [0.25, 0.3) is 0 Å². The summed E-state index contributed by atoms with van der Waals surface area (Å²) in [5.41, 5.74) is 3.24. The lowest BCUT2D eigenvalue weighted by molar-refractivity contribution is -0.126. The number of imidazole rings is 1. The van der Waals surface area contributed by atoms with Crippen LogP contribution in [0.25, 0.3) is 11.0 Å². The van der Waals surface area contributed by atoms with E-state index in [2.05, 4.69) is 30.6 Å². The predicted octanol–water partition coefficient (Wildman–Crippen LogP) is 2.51. The van der Waals surface area contributed by atoms with Crippen molar-refractivity contribution in [3.63, 3.8) is 0 Å². The lowest BCUT2D eigenvalue weighted by Gasteiger charge is -2.28. The second-order valence-corrected chi connectivity index (χ2v) is 7.03. The number of H-pyrrole nitrogens is 1. The highest BCUT2D eigenvalue weighted by atomic mass is 16.1. The second-order valence-electron chi connectivity index (χ2n) is 7.03. The average Bonchev–Trinajstić information content (AvgIpc) is 3.21. The van der Waals surface area contributed by atoms with Gasteiger partial charge in [-0.3, -0.25) is 4.79 Å². The number of anilines is 1. The first-order valence-corrected chi connectivity index (χ1v) is 9.40. The molecule has 1 fully saturated rings. The molecule has 0 spiro atoms. The number of rotatable bonds is 5. The molecule has 1 aliphatic rings. The summed E-state index contributed by atoms with van der Waals surface area (Å²) in [6.07, 6.45) is 8.09. The molecule has 4 rings (SSSR count). The fraction of sp³-hybridized carbons (Fsp3) is 0.350. The fourth-order valence-corrected chi connectivity index (χ4v) is 3.64. The van der Waals surface area contributed by atoms with E-state index < -0.39 is 0 Å². The number of carbonyl (C=O) groups excluding carboxylic acids is 1. The van der Waals surface area contributed by atoms with Crippen molar-refractivity contribution in [1.29, 1.82) is 5.26 Å². The average molecular weight is 375 g/mol. The highest BCUT2D eigenvalue weighted by Crippen LogP contribution is 2.27. The molecule has 8 nitrogen and oxygen atoms in total. The van der Waals surface area contributed by atoms with Crippen LogP contribution in [-0.2, 0) is 11.3 Å². The third-order valence-corrected chi connectivity index (χ3v) is 5.19. The van der Waals surface area contributed by atoms with Gasteiger partial charge in [0.2, 0.25) is 5.91 Å². The van der Waals surface area contributed by atoms with Crippen LogP contribution in [0.3, 0.4) is 0 Å². The van der Waals surface area contributed by atoms with E-state index in [1.807, 2.05) is 24.3 Å². The first-order chi connectivity index (χ1) is 13.7. The number of hydrogen-bond donors (Lipinski definition) is 3. The normalized spacial score (nSPS) is 19.1. The predicted molar refractivity (Wildman–Crippen MR) is 104 cm³/mol. The Kier molecular flexibility index (Phi) is 5.15. The molecule has 1 aliphatic carbocycles. The van der Waals surface area contributed by atoms with Gasteiger partial charge in [0, 0.05) is 30.9 Å². The van der Waals surface area contributed by atoms with Crippen LogP contribution < -0.4 is 10.6 Å². The zero-order chi connectivity index (χ0) is 19.3. The Morgan fingerprint density at radius 2 is 2.00 bits per heavy atom. The van der Waals surface area contributed by atoms with Crippen molar-refractivity contribution < 1.29 is 4.79 Å². The van der Waals surface area contributed by atoms with Crippen LogP contribution in [0.5, 0.6) is 0 Å². The number of nitriles is 1. The van der Waals surface area contributed by atoms with Gasteiger partial charge >= 0.3 is 0 Å². The Morgan fingerprint density at radius 1 is 1.18 bits per heavy atom. The minimum Gasteiger partial charge on any atom is -0.365 e. The van der Waals surface area contributed by atoms with Gasteiger partial charge in [0.05, 0.1) is 17.4 Å². The molecule has 28 heavy (non-hydrogen) atoms. The third kappa shape index (κ3) is 3.93. The number of nitrogens with zero attached hydrogens (tertiary/aromatic N) is 4. The zero-order valence-electron chi connectivity index (χ0n) is 15.4. The monoisotopic (exact) mass is 375 g/mol. The molecule has 8 heteroatoms. The minimum absolute atomic E-state index is 0.0197. The van der Waals surface area contributed by atoms with Crippen LogP contribution >= 0.6 is 0 Å². The number of carbonyl (C=O) groups is 1. The summed E-state index contributed by atoms with van der Waals surface area (Å²) in [7, 11) is 0. The van der Waals surface area contributed by atoms with Crippen molar-refractivity contribution in [2.75, 3.05) is 5.32 Å². The van der Waals surface area contributed by atoms with Crippen molar-refractivity contribution in [3.05, 3.63) is 48.2 Å². The Balaban J connectivity index is 1.27. The first-order valence-electron chi connectivity index (χ1n) is 9.40. The van der Waals surface area contributed by atoms with Crippen LogP contribution in [-0.4, -0.2) is 31.9 Å². The molecular formula is C20H21N7O. The zero-order valence-corrected chi connectivity index (χ0v) is 15.4. The van der Waals surface area contributed by atoms with E-state index >= 15 is 0 Å². The Morgan fingerprint density at radius 3 is 2.82 bits per heavy atom. The van der Waals surface area contributed by atoms with Crippen LogP contribution in [0, 0.1) is 17.2 Å². The molecule has 2 aromatic heterocycles. The van der Waals surface area contributed by atoms with E-state index in [0.29, 0.717) is 18.1 Å². The molecule has 1 amide bonds. The second kappa shape index (κ2) is 8.05. The van der Waals surface area contributed by atoms with Crippen LogP contribution in [0.4, 0.5) is 5.82 Å². The van der Waals surface area contributed by atoms with Crippen molar-refractivity contribution in [2.45, 2.75) is 38.3 Å². The summed E-state index contributed by atoms with van der Waals surface area (Å²) in [6, 6.07) is 8.20. The van der Waals surface area contributed by atoms with E-state index in [4.69, 9.17) is 5.26 Å². The number of aromatic amines is 1. The quantitative estimate of drug-likeness (QED) is 0.630. The van der Waals surface area contributed by atoms with Crippen molar-refractivity contribution in [1.82, 2.24) is 25.3 Å². The molecule has 0 aliphatic heterocycles. The van der Waals surface area contributed by atoms with Gasteiger partial charge in [0.1, 0.15) is 6.07 Å². The van der Waals surface area contributed by atoms with Crippen LogP contribution in [0.1, 0.15) is 36.9 Å². The summed E-state index contributed by atoms with van der Waals surface area (Å²) in [6.45, 7) is 0.511. The van der Waals surface area contributed by atoms with E-state index in [1.165, 1.54) is 6.20 Å². The maximum atomic E-state index is 12.5. The SMILES string of the molecule is N#Cc1nccnc1NC1CCC(C(=O)NCc2ccc3nc[nH]c3c2)CC1. The molecule has 0 radical (unpaired) electrons. The highest BCUT2D eigenvalue weighted by molar-refractivity contribution is 5.79. The van der Waals surface area contributed by atoms with E-state index in [-0.39, 0.29) is 17.9 Å². The molecule has 0 bridgehead atoms. The van der Waals surface area contributed by atoms with Crippen molar-refractivity contribution >= 4 is 22.8 Å². The molecule has 2 heterocycles. The molecule has 1 aromatic carbocycles. The largest absolute Gasteiger partial charge is 0.365 e. The van der Waals surface area contributed by atoms with Gasteiger partial charge in [0.15, 0.2) is 11.5 Å². The van der Waals surface area contributed by atoms with Gasteiger partial charge in [-0.2, -0.15) is 5.26 Å².